The van der Waals surface area contributed by atoms with Gasteiger partial charge in [0.2, 0.25) is 5.91 Å². The van der Waals surface area contributed by atoms with Gasteiger partial charge in [0.1, 0.15) is 17.4 Å². The van der Waals surface area contributed by atoms with Crippen LogP contribution in [0.5, 0.6) is 5.75 Å². The van der Waals surface area contributed by atoms with Crippen molar-refractivity contribution in [1.29, 1.82) is 0 Å². The Labute approximate surface area is 185 Å². The number of carbonyl (C=O) groups excluding carboxylic acids is 1. The number of fused-ring (bicyclic) bond motifs is 1. The molecule has 0 aliphatic carbocycles. The lowest BCUT2D eigenvalue weighted by Gasteiger charge is -2.16. The molecule has 1 aliphatic heterocycles. The van der Waals surface area contributed by atoms with E-state index >= 15 is 0 Å². The molecule has 1 aliphatic rings. The molecule has 31 heavy (non-hydrogen) atoms. The summed E-state index contributed by atoms with van der Waals surface area (Å²) < 4.78 is 33.7. The molecule has 0 unspecified atom stereocenters. The maximum Gasteiger partial charge on any atom is 0.272 e. The van der Waals surface area contributed by atoms with E-state index in [0.29, 0.717) is 39.7 Å². The molecule has 3 aromatic rings. The minimum atomic E-state index is -0.864. The van der Waals surface area contributed by atoms with E-state index in [1.807, 2.05) is 0 Å². The first-order valence-corrected chi connectivity index (χ1v) is 11.2. The fourth-order valence-electron chi connectivity index (χ4n) is 3.12. The maximum atomic E-state index is 13.8. The van der Waals surface area contributed by atoms with Crippen LogP contribution in [0.15, 0.2) is 57.3 Å². The van der Waals surface area contributed by atoms with Gasteiger partial charge < -0.3 is 10.1 Å². The number of rotatable bonds is 6. The van der Waals surface area contributed by atoms with Gasteiger partial charge in [-0.3, -0.25) is 14.2 Å². The van der Waals surface area contributed by atoms with Crippen molar-refractivity contribution >= 4 is 35.1 Å². The van der Waals surface area contributed by atoms with Crippen molar-refractivity contribution in [2.75, 3.05) is 23.9 Å². The highest BCUT2D eigenvalue weighted by Crippen LogP contribution is 2.32. The molecule has 0 radical (unpaired) electrons. The van der Waals surface area contributed by atoms with E-state index in [1.165, 1.54) is 23.4 Å². The van der Waals surface area contributed by atoms with Gasteiger partial charge in [0.25, 0.3) is 5.56 Å². The summed E-state index contributed by atoms with van der Waals surface area (Å²) in [6, 6.07) is 9.96. The van der Waals surface area contributed by atoms with Crippen LogP contribution in [0.1, 0.15) is 5.69 Å². The molecule has 1 N–H and O–H groups in total. The zero-order valence-corrected chi connectivity index (χ0v) is 18.0. The molecule has 0 atom stereocenters. The Hall–Kier alpha value is -2.85. The number of aromatic nitrogens is 2. The third-order valence-electron chi connectivity index (χ3n) is 4.53. The molecule has 0 saturated heterocycles. The van der Waals surface area contributed by atoms with Crippen LogP contribution in [-0.4, -0.2) is 34.1 Å². The van der Waals surface area contributed by atoms with E-state index < -0.39 is 17.5 Å². The van der Waals surface area contributed by atoms with E-state index in [-0.39, 0.29) is 17.0 Å². The summed E-state index contributed by atoms with van der Waals surface area (Å²) >= 11 is 2.51. The van der Waals surface area contributed by atoms with Crippen molar-refractivity contribution in [2.45, 2.75) is 16.5 Å². The quantitative estimate of drug-likeness (QED) is 0.444. The Morgan fingerprint density at radius 3 is 2.87 bits per heavy atom. The standard InChI is InChI=1S/C21H17F2N3O3S2/c1-29-17-5-3-2-4-16(17)26-20(28)19-15(8-9-30-19)25-21(26)31-11-18(27)24-14-7-6-12(22)10-13(14)23/h2-7,10H,8-9,11H2,1H3,(H,24,27). The minimum absolute atomic E-state index is 0.118. The summed E-state index contributed by atoms with van der Waals surface area (Å²) in [5.74, 6) is -0.963. The van der Waals surface area contributed by atoms with Gasteiger partial charge in [0, 0.05) is 18.2 Å². The summed E-state index contributed by atoms with van der Waals surface area (Å²) in [4.78, 5) is 30.8. The molecule has 1 amide bonds. The summed E-state index contributed by atoms with van der Waals surface area (Å²) in [5, 5.41) is 2.75. The summed E-state index contributed by atoms with van der Waals surface area (Å²) in [7, 11) is 1.51. The topological polar surface area (TPSA) is 73.2 Å². The zero-order valence-electron chi connectivity index (χ0n) is 16.4. The molecule has 0 spiro atoms. The first-order valence-electron chi connectivity index (χ1n) is 9.27. The van der Waals surface area contributed by atoms with Crippen molar-refractivity contribution in [3.63, 3.8) is 0 Å². The first-order chi connectivity index (χ1) is 15.0. The van der Waals surface area contributed by atoms with Gasteiger partial charge in [-0.15, -0.1) is 11.8 Å². The Bertz CT molecular complexity index is 1220. The minimum Gasteiger partial charge on any atom is -0.495 e. The number of para-hydroxylation sites is 2. The lowest BCUT2D eigenvalue weighted by molar-refractivity contribution is -0.113. The van der Waals surface area contributed by atoms with Crippen molar-refractivity contribution < 1.29 is 18.3 Å². The van der Waals surface area contributed by atoms with Gasteiger partial charge in [-0.1, -0.05) is 23.9 Å². The third-order valence-corrected chi connectivity index (χ3v) is 6.58. The van der Waals surface area contributed by atoms with E-state index in [1.54, 1.807) is 24.3 Å². The highest BCUT2D eigenvalue weighted by Gasteiger charge is 2.24. The maximum absolute atomic E-state index is 13.8. The smallest absolute Gasteiger partial charge is 0.272 e. The van der Waals surface area contributed by atoms with Crippen LogP contribution in [0.3, 0.4) is 0 Å². The van der Waals surface area contributed by atoms with Crippen molar-refractivity contribution in [2.24, 2.45) is 0 Å². The van der Waals surface area contributed by atoms with Gasteiger partial charge in [-0.05, 0) is 24.3 Å². The number of benzene rings is 2. The number of hydrogen-bond donors (Lipinski definition) is 1. The third kappa shape index (κ3) is 4.45. The molecule has 6 nitrogen and oxygen atoms in total. The molecule has 1 aromatic heterocycles. The van der Waals surface area contributed by atoms with Gasteiger partial charge in [0.15, 0.2) is 5.16 Å². The lowest BCUT2D eigenvalue weighted by Crippen LogP contribution is -2.25. The van der Waals surface area contributed by atoms with Crippen LogP contribution in [0.4, 0.5) is 14.5 Å². The number of carbonyl (C=O) groups is 1. The Balaban J connectivity index is 1.64. The molecule has 10 heteroatoms. The summed E-state index contributed by atoms with van der Waals surface area (Å²) in [5.41, 5.74) is 0.885. The summed E-state index contributed by atoms with van der Waals surface area (Å²) in [6.45, 7) is 0. The van der Waals surface area contributed by atoms with Gasteiger partial charge in [0.05, 0.1) is 34.8 Å². The molecule has 2 aromatic carbocycles. The second kappa shape index (κ2) is 9.11. The Kier molecular flexibility index (Phi) is 6.28. The van der Waals surface area contributed by atoms with Gasteiger partial charge in [-0.25, -0.2) is 13.8 Å². The number of aryl methyl sites for hydroxylation is 1. The van der Waals surface area contributed by atoms with Crippen LogP contribution >= 0.6 is 23.5 Å². The number of ether oxygens (including phenoxy) is 1. The van der Waals surface area contributed by atoms with Crippen LogP contribution in [0.25, 0.3) is 5.69 Å². The second-order valence-electron chi connectivity index (χ2n) is 6.54. The number of thioether (sulfide) groups is 2. The van der Waals surface area contributed by atoms with E-state index in [0.717, 1.165) is 29.6 Å². The Morgan fingerprint density at radius 1 is 1.29 bits per heavy atom. The Morgan fingerprint density at radius 2 is 2.10 bits per heavy atom. The normalized spacial score (nSPS) is 12.5. The zero-order chi connectivity index (χ0) is 22.0. The highest BCUT2D eigenvalue weighted by atomic mass is 32.2. The van der Waals surface area contributed by atoms with Gasteiger partial charge in [-0.2, -0.15) is 0 Å². The number of methoxy groups -OCH3 is 1. The largest absolute Gasteiger partial charge is 0.495 e. The molecule has 4 rings (SSSR count). The molecule has 160 valence electrons. The molecule has 0 saturated carbocycles. The number of anilines is 1. The summed E-state index contributed by atoms with van der Waals surface area (Å²) in [6.07, 6.45) is 0.669. The van der Waals surface area contributed by atoms with Crippen molar-refractivity contribution in [3.05, 3.63) is 70.1 Å². The van der Waals surface area contributed by atoms with Crippen LogP contribution in [-0.2, 0) is 11.2 Å². The average molecular weight is 462 g/mol. The average Bonchev–Trinajstić information content (AvgIpc) is 3.23. The number of nitrogens with zero attached hydrogens (tertiary/aromatic N) is 2. The molecule has 0 bridgehead atoms. The predicted octanol–water partition coefficient (Wildman–Crippen LogP) is 3.90. The SMILES string of the molecule is COc1ccccc1-n1c(SCC(=O)Nc2ccc(F)cc2F)nc2c(c1=O)SCC2. The highest BCUT2D eigenvalue weighted by molar-refractivity contribution is 8.00. The fourth-order valence-corrected chi connectivity index (χ4v) is 4.97. The molecule has 0 fully saturated rings. The molecular weight excluding hydrogens is 444 g/mol. The predicted molar refractivity (Wildman–Crippen MR) is 117 cm³/mol. The van der Waals surface area contributed by atoms with Crippen molar-refractivity contribution in [1.82, 2.24) is 9.55 Å². The van der Waals surface area contributed by atoms with Crippen LogP contribution in [0, 0.1) is 11.6 Å². The number of nitrogens with one attached hydrogen (secondary N) is 1. The second-order valence-corrected chi connectivity index (χ2v) is 8.59. The fraction of sp³-hybridized carbons (Fsp3) is 0.190. The molecule has 2 heterocycles. The monoisotopic (exact) mass is 461 g/mol. The van der Waals surface area contributed by atoms with Gasteiger partial charge >= 0.3 is 0 Å². The number of hydrogen-bond acceptors (Lipinski definition) is 6. The molecular formula is C21H17F2N3O3S2. The van der Waals surface area contributed by atoms with E-state index in [4.69, 9.17) is 4.74 Å². The van der Waals surface area contributed by atoms with Crippen LogP contribution in [0.2, 0.25) is 0 Å². The number of amides is 1. The number of halogens is 2. The van der Waals surface area contributed by atoms with Crippen LogP contribution < -0.4 is 15.6 Å². The van der Waals surface area contributed by atoms with E-state index in [2.05, 4.69) is 10.3 Å². The first kappa shape index (κ1) is 21.4. The lowest BCUT2D eigenvalue weighted by atomic mass is 10.2. The van der Waals surface area contributed by atoms with E-state index in [9.17, 15) is 18.4 Å². The van der Waals surface area contributed by atoms with Crippen molar-refractivity contribution in [3.8, 4) is 11.4 Å².